The lowest BCUT2D eigenvalue weighted by molar-refractivity contribution is 0.0906. The van der Waals surface area contributed by atoms with Crippen molar-refractivity contribution in [2.75, 3.05) is 32.7 Å². The molecule has 1 aromatic heterocycles. The molecule has 0 spiro atoms. The smallest absolute Gasteiger partial charge is 0.0745 e. The van der Waals surface area contributed by atoms with Gasteiger partial charge in [-0.2, -0.15) is 5.10 Å². The molecular weight excluding hydrogens is 300 g/mol. The molecule has 3 N–H and O–H groups in total. The summed E-state index contributed by atoms with van der Waals surface area (Å²) >= 11 is 0. The third-order valence-corrected chi connectivity index (χ3v) is 4.93. The maximum atomic E-state index is 4.26. The van der Waals surface area contributed by atoms with Crippen LogP contribution in [0.25, 0.3) is 5.69 Å². The molecule has 0 aliphatic carbocycles. The van der Waals surface area contributed by atoms with Gasteiger partial charge in [-0.15, -0.1) is 0 Å². The lowest BCUT2D eigenvalue weighted by atomic mass is 10.1. The summed E-state index contributed by atoms with van der Waals surface area (Å²) in [6, 6.07) is 10.6. The van der Waals surface area contributed by atoms with Gasteiger partial charge < -0.3 is 10.6 Å². The number of aromatic nitrogens is 2. The Morgan fingerprint density at radius 3 is 3.00 bits per heavy atom. The molecule has 4 rings (SSSR count). The normalized spacial score (nSPS) is 24.2. The number of hydrogen-bond donors (Lipinski definition) is 3. The van der Waals surface area contributed by atoms with Crippen LogP contribution in [0, 0.1) is 5.92 Å². The van der Waals surface area contributed by atoms with E-state index < -0.39 is 0 Å². The van der Waals surface area contributed by atoms with Crippen LogP contribution in [0.2, 0.25) is 0 Å². The quantitative estimate of drug-likeness (QED) is 0.684. The van der Waals surface area contributed by atoms with Crippen molar-refractivity contribution in [3.05, 3.63) is 48.3 Å². The Labute approximate surface area is 143 Å². The molecule has 2 atom stereocenters. The summed E-state index contributed by atoms with van der Waals surface area (Å²) in [6.07, 6.45) is 6.60. The van der Waals surface area contributed by atoms with Crippen LogP contribution in [0.5, 0.6) is 0 Å². The van der Waals surface area contributed by atoms with Gasteiger partial charge in [-0.3, -0.25) is 5.43 Å². The van der Waals surface area contributed by atoms with Gasteiger partial charge in [0.05, 0.1) is 11.9 Å². The predicted octanol–water partition coefficient (Wildman–Crippen LogP) is 0.760. The van der Waals surface area contributed by atoms with E-state index in [9.17, 15) is 0 Å². The second-order valence-corrected chi connectivity index (χ2v) is 6.71. The maximum absolute atomic E-state index is 4.26. The number of nitrogens with one attached hydrogen (secondary N) is 3. The molecule has 0 bridgehead atoms. The summed E-state index contributed by atoms with van der Waals surface area (Å²) < 4.78 is 1.89. The Morgan fingerprint density at radius 2 is 2.17 bits per heavy atom. The third kappa shape index (κ3) is 3.67. The highest BCUT2D eigenvalue weighted by molar-refractivity contribution is 5.33. The number of hydrogen-bond acceptors (Lipinski definition) is 5. The van der Waals surface area contributed by atoms with Crippen LogP contribution in [0.3, 0.4) is 0 Å². The van der Waals surface area contributed by atoms with Crippen LogP contribution in [-0.4, -0.2) is 53.7 Å². The Bertz CT molecular complexity index is 623. The van der Waals surface area contributed by atoms with E-state index in [1.807, 2.05) is 16.9 Å². The first kappa shape index (κ1) is 15.8. The van der Waals surface area contributed by atoms with Gasteiger partial charge in [0, 0.05) is 38.6 Å². The van der Waals surface area contributed by atoms with E-state index in [1.165, 1.54) is 12.0 Å². The Kier molecular flexibility index (Phi) is 4.89. The largest absolute Gasteiger partial charge is 0.316 e. The monoisotopic (exact) mass is 326 g/mol. The first-order valence-corrected chi connectivity index (χ1v) is 8.92. The summed E-state index contributed by atoms with van der Waals surface area (Å²) in [5.41, 5.74) is 5.93. The van der Waals surface area contributed by atoms with Gasteiger partial charge in [-0.25, -0.2) is 9.69 Å². The molecule has 0 amide bonds. The minimum Gasteiger partial charge on any atom is -0.316 e. The van der Waals surface area contributed by atoms with Gasteiger partial charge >= 0.3 is 0 Å². The first-order valence-electron chi connectivity index (χ1n) is 8.92. The van der Waals surface area contributed by atoms with Crippen LogP contribution in [0.1, 0.15) is 12.0 Å². The molecule has 2 saturated heterocycles. The molecule has 24 heavy (non-hydrogen) atoms. The SMILES string of the molecule is c1cnn(-c2ccc(CCNCC3CNC4CCNN4C3)cc2)c1. The van der Waals surface area contributed by atoms with Gasteiger partial charge in [0.15, 0.2) is 0 Å². The van der Waals surface area contributed by atoms with Crippen LogP contribution in [0.4, 0.5) is 0 Å². The minimum absolute atomic E-state index is 0.551. The minimum atomic E-state index is 0.551. The summed E-state index contributed by atoms with van der Waals surface area (Å²) in [5, 5.41) is 13.9. The number of hydrazine groups is 1. The van der Waals surface area contributed by atoms with E-state index >= 15 is 0 Å². The molecule has 1 aromatic carbocycles. The fraction of sp³-hybridized carbons (Fsp3) is 0.500. The Balaban J connectivity index is 1.19. The van der Waals surface area contributed by atoms with Crippen LogP contribution in [-0.2, 0) is 6.42 Å². The predicted molar refractivity (Wildman–Crippen MR) is 94.7 cm³/mol. The molecule has 6 heteroatoms. The fourth-order valence-corrected chi connectivity index (χ4v) is 3.57. The average Bonchev–Trinajstić information content (AvgIpc) is 3.30. The first-order chi connectivity index (χ1) is 11.9. The molecule has 6 nitrogen and oxygen atoms in total. The van der Waals surface area contributed by atoms with E-state index in [0.29, 0.717) is 12.1 Å². The highest BCUT2D eigenvalue weighted by Crippen LogP contribution is 2.14. The molecule has 2 aliphatic rings. The van der Waals surface area contributed by atoms with Crippen molar-refractivity contribution in [3.8, 4) is 5.69 Å². The van der Waals surface area contributed by atoms with Gasteiger partial charge in [0.1, 0.15) is 0 Å². The van der Waals surface area contributed by atoms with Crippen molar-refractivity contribution >= 4 is 0 Å². The van der Waals surface area contributed by atoms with E-state index in [-0.39, 0.29) is 0 Å². The molecule has 2 aliphatic heterocycles. The average molecular weight is 326 g/mol. The zero-order valence-corrected chi connectivity index (χ0v) is 14.0. The molecule has 128 valence electrons. The summed E-state index contributed by atoms with van der Waals surface area (Å²) in [5.74, 6) is 0.675. The van der Waals surface area contributed by atoms with Crippen molar-refractivity contribution in [2.24, 2.45) is 5.92 Å². The molecule has 3 heterocycles. The highest BCUT2D eigenvalue weighted by Gasteiger charge is 2.30. The van der Waals surface area contributed by atoms with E-state index in [1.54, 1.807) is 6.20 Å². The van der Waals surface area contributed by atoms with Gasteiger partial charge in [-0.05, 0) is 49.1 Å². The fourth-order valence-electron chi connectivity index (χ4n) is 3.57. The van der Waals surface area contributed by atoms with Crippen molar-refractivity contribution in [1.29, 1.82) is 0 Å². The number of rotatable bonds is 6. The van der Waals surface area contributed by atoms with Crippen LogP contribution >= 0.6 is 0 Å². The van der Waals surface area contributed by atoms with Crippen molar-refractivity contribution < 1.29 is 0 Å². The molecular formula is C18H26N6. The lowest BCUT2D eigenvalue weighted by Gasteiger charge is -2.35. The number of fused-ring (bicyclic) bond motifs is 1. The van der Waals surface area contributed by atoms with Gasteiger partial charge in [0.25, 0.3) is 0 Å². The van der Waals surface area contributed by atoms with Crippen molar-refractivity contribution in [3.63, 3.8) is 0 Å². The number of benzene rings is 1. The van der Waals surface area contributed by atoms with Crippen molar-refractivity contribution in [2.45, 2.75) is 19.0 Å². The summed E-state index contributed by atoms with van der Waals surface area (Å²) in [6.45, 7) is 5.46. The van der Waals surface area contributed by atoms with Crippen molar-refractivity contribution in [1.82, 2.24) is 30.8 Å². The van der Waals surface area contributed by atoms with E-state index in [2.05, 4.69) is 50.4 Å². The lowest BCUT2D eigenvalue weighted by Crippen LogP contribution is -2.56. The Morgan fingerprint density at radius 1 is 1.25 bits per heavy atom. The zero-order valence-electron chi connectivity index (χ0n) is 14.0. The Hall–Kier alpha value is -1.73. The maximum Gasteiger partial charge on any atom is 0.0745 e. The summed E-state index contributed by atoms with van der Waals surface area (Å²) in [4.78, 5) is 0. The van der Waals surface area contributed by atoms with E-state index in [4.69, 9.17) is 0 Å². The van der Waals surface area contributed by atoms with E-state index in [0.717, 1.165) is 44.8 Å². The highest BCUT2D eigenvalue weighted by atomic mass is 15.6. The third-order valence-electron chi connectivity index (χ3n) is 4.93. The molecule has 2 unspecified atom stereocenters. The summed E-state index contributed by atoms with van der Waals surface area (Å²) in [7, 11) is 0. The molecule has 0 radical (unpaired) electrons. The standard InChI is InChI=1S/C18H26N6/c1-8-21-23(11-1)17-4-2-15(3-5-17)6-9-19-12-16-13-20-18-7-10-22-24(18)14-16/h1-5,8,11,16,18-20,22H,6-7,9-10,12-14H2. The molecule has 0 saturated carbocycles. The molecule has 2 fully saturated rings. The second-order valence-electron chi connectivity index (χ2n) is 6.71. The van der Waals surface area contributed by atoms with Gasteiger partial charge in [0.2, 0.25) is 0 Å². The topological polar surface area (TPSA) is 57.2 Å². The van der Waals surface area contributed by atoms with Crippen LogP contribution in [0.15, 0.2) is 42.7 Å². The number of nitrogens with zero attached hydrogens (tertiary/aromatic N) is 3. The second kappa shape index (κ2) is 7.44. The van der Waals surface area contributed by atoms with Crippen LogP contribution < -0.4 is 16.1 Å². The molecule has 2 aromatic rings. The van der Waals surface area contributed by atoms with Gasteiger partial charge in [-0.1, -0.05) is 12.1 Å². The zero-order chi connectivity index (χ0) is 16.2.